The van der Waals surface area contributed by atoms with Crippen LogP contribution in [-0.2, 0) is 16.1 Å². The van der Waals surface area contributed by atoms with E-state index in [-0.39, 0.29) is 11.8 Å². The number of ether oxygens (including phenoxy) is 1. The summed E-state index contributed by atoms with van der Waals surface area (Å²) in [6.45, 7) is 1.33. The van der Waals surface area contributed by atoms with Crippen molar-refractivity contribution in [2.45, 2.75) is 38.6 Å². The van der Waals surface area contributed by atoms with Gasteiger partial charge in [-0.25, -0.2) is 4.39 Å². The monoisotopic (exact) mass is 323 g/mol. The number of halogens is 1. The van der Waals surface area contributed by atoms with Crippen molar-refractivity contribution in [2.24, 2.45) is 4.99 Å². The SMILES string of the molecule is CN=C(NCCCCCCC(=O)OC)NCc1cccc(F)c1. The number of nitrogens with one attached hydrogen (secondary N) is 2. The van der Waals surface area contributed by atoms with Gasteiger partial charge in [-0.05, 0) is 30.5 Å². The van der Waals surface area contributed by atoms with Crippen LogP contribution in [0.3, 0.4) is 0 Å². The predicted molar refractivity (Wildman–Crippen MR) is 89.7 cm³/mol. The molecule has 1 aromatic rings. The van der Waals surface area contributed by atoms with Gasteiger partial charge in [-0.3, -0.25) is 9.79 Å². The average Bonchev–Trinajstić information content (AvgIpc) is 2.56. The fourth-order valence-corrected chi connectivity index (χ4v) is 2.11. The Morgan fingerprint density at radius 2 is 2.00 bits per heavy atom. The van der Waals surface area contributed by atoms with Crippen molar-refractivity contribution in [2.75, 3.05) is 20.7 Å². The molecule has 0 saturated heterocycles. The van der Waals surface area contributed by atoms with E-state index in [9.17, 15) is 9.18 Å². The second-order valence-electron chi connectivity index (χ2n) is 5.22. The van der Waals surface area contributed by atoms with Gasteiger partial charge < -0.3 is 15.4 Å². The molecule has 0 saturated carbocycles. The van der Waals surface area contributed by atoms with Gasteiger partial charge in [-0.2, -0.15) is 0 Å². The summed E-state index contributed by atoms with van der Waals surface area (Å²) in [7, 11) is 3.12. The van der Waals surface area contributed by atoms with E-state index in [2.05, 4.69) is 20.4 Å². The van der Waals surface area contributed by atoms with Crippen molar-refractivity contribution in [3.63, 3.8) is 0 Å². The Hall–Kier alpha value is -2.11. The van der Waals surface area contributed by atoms with E-state index in [1.165, 1.54) is 19.2 Å². The quantitative estimate of drug-likeness (QED) is 0.317. The number of carbonyl (C=O) groups excluding carboxylic acids is 1. The zero-order valence-corrected chi connectivity index (χ0v) is 13.9. The van der Waals surface area contributed by atoms with Crippen LogP contribution in [0.2, 0.25) is 0 Å². The molecule has 0 aromatic heterocycles. The van der Waals surface area contributed by atoms with E-state index in [1.807, 2.05) is 6.07 Å². The Kier molecular flexibility index (Phi) is 9.43. The van der Waals surface area contributed by atoms with Gasteiger partial charge in [0.2, 0.25) is 0 Å². The van der Waals surface area contributed by atoms with E-state index in [1.54, 1.807) is 13.1 Å². The highest BCUT2D eigenvalue weighted by Crippen LogP contribution is 2.04. The summed E-state index contributed by atoms with van der Waals surface area (Å²) in [6, 6.07) is 6.49. The second kappa shape index (κ2) is 11.5. The Morgan fingerprint density at radius 3 is 2.70 bits per heavy atom. The van der Waals surface area contributed by atoms with E-state index in [0.29, 0.717) is 18.9 Å². The van der Waals surface area contributed by atoms with E-state index in [4.69, 9.17) is 0 Å². The van der Waals surface area contributed by atoms with Crippen molar-refractivity contribution in [3.05, 3.63) is 35.6 Å². The number of hydrogen-bond acceptors (Lipinski definition) is 3. The number of carbonyl (C=O) groups is 1. The number of nitrogens with zero attached hydrogens (tertiary/aromatic N) is 1. The molecular formula is C17H26FN3O2. The van der Waals surface area contributed by atoms with Crippen LogP contribution in [0.1, 0.15) is 37.7 Å². The minimum atomic E-state index is -0.237. The largest absolute Gasteiger partial charge is 0.469 e. The highest BCUT2D eigenvalue weighted by atomic mass is 19.1. The average molecular weight is 323 g/mol. The molecule has 1 aromatic carbocycles. The molecule has 1 rings (SSSR count). The van der Waals surface area contributed by atoms with E-state index >= 15 is 0 Å². The van der Waals surface area contributed by atoms with Crippen LogP contribution in [0.5, 0.6) is 0 Å². The predicted octanol–water partition coefficient (Wildman–Crippen LogP) is 2.61. The van der Waals surface area contributed by atoms with Crippen molar-refractivity contribution < 1.29 is 13.9 Å². The summed E-state index contributed by atoms with van der Waals surface area (Å²) in [5.74, 6) is 0.313. The molecule has 0 fully saturated rings. The first-order valence-electron chi connectivity index (χ1n) is 7.91. The molecule has 0 aliphatic rings. The number of rotatable bonds is 9. The van der Waals surface area contributed by atoms with Crippen LogP contribution in [0.4, 0.5) is 4.39 Å². The third-order valence-electron chi connectivity index (χ3n) is 3.40. The number of benzene rings is 1. The van der Waals surface area contributed by atoms with Crippen molar-refractivity contribution in [1.29, 1.82) is 0 Å². The summed E-state index contributed by atoms with van der Waals surface area (Å²) in [6.07, 6.45) is 4.40. The smallest absolute Gasteiger partial charge is 0.305 e. The first-order valence-corrected chi connectivity index (χ1v) is 7.91. The summed E-state index contributed by atoms with van der Waals surface area (Å²) in [4.78, 5) is 15.1. The van der Waals surface area contributed by atoms with Crippen LogP contribution >= 0.6 is 0 Å². The molecule has 0 amide bonds. The third kappa shape index (κ3) is 8.80. The van der Waals surface area contributed by atoms with E-state index < -0.39 is 0 Å². The molecule has 23 heavy (non-hydrogen) atoms. The maximum atomic E-state index is 13.1. The maximum Gasteiger partial charge on any atom is 0.305 e. The highest BCUT2D eigenvalue weighted by molar-refractivity contribution is 5.79. The van der Waals surface area contributed by atoms with Crippen LogP contribution < -0.4 is 10.6 Å². The van der Waals surface area contributed by atoms with Gasteiger partial charge in [0.1, 0.15) is 5.82 Å². The Labute approximate surface area is 137 Å². The molecule has 0 heterocycles. The van der Waals surface area contributed by atoms with Crippen LogP contribution in [0, 0.1) is 5.82 Å². The van der Waals surface area contributed by atoms with Gasteiger partial charge in [0.05, 0.1) is 7.11 Å². The Bertz CT molecular complexity index is 506. The van der Waals surface area contributed by atoms with Gasteiger partial charge >= 0.3 is 5.97 Å². The van der Waals surface area contributed by atoms with Crippen molar-refractivity contribution in [3.8, 4) is 0 Å². The molecule has 0 spiro atoms. The molecule has 2 N–H and O–H groups in total. The second-order valence-corrected chi connectivity index (χ2v) is 5.22. The lowest BCUT2D eigenvalue weighted by molar-refractivity contribution is -0.140. The fourth-order valence-electron chi connectivity index (χ4n) is 2.11. The molecule has 6 heteroatoms. The van der Waals surface area contributed by atoms with Gasteiger partial charge in [0, 0.05) is 26.6 Å². The zero-order chi connectivity index (χ0) is 16.9. The van der Waals surface area contributed by atoms with Gasteiger partial charge in [-0.1, -0.05) is 25.0 Å². The van der Waals surface area contributed by atoms with Crippen LogP contribution in [-0.4, -0.2) is 32.6 Å². The van der Waals surface area contributed by atoms with Crippen molar-refractivity contribution in [1.82, 2.24) is 10.6 Å². The molecule has 5 nitrogen and oxygen atoms in total. The number of hydrogen-bond donors (Lipinski definition) is 2. The van der Waals surface area contributed by atoms with Crippen LogP contribution in [0.25, 0.3) is 0 Å². The Balaban J connectivity index is 2.11. The lowest BCUT2D eigenvalue weighted by Gasteiger charge is -2.12. The number of methoxy groups -OCH3 is 1. The number of aliphatic imine (C=N–C) groups is 1. The summed E-state index contributed by atoms with van der Waals surface area (Å²) >= 11 is 0. The Morgan fingerprint density at radius 1 is 1.22 bits per heavy atom. The van der Waals surface area contributed by atoms with E-state index in [0.717, 1.165) is 37.8 Å². The van der Waals surface area contributed by atoms with Crippen molar-refractivity contribution >= 4 is 11.9 Å². The number of unbranched alkanes of at least 4 members (excludes halogenated alkanes) is 3. The lowest BCUT2D eigenvalue weighted by atomic mass is 10.1. The fraction of sp³-hybridized carbons (Fsp3) is 0.529. The van der Waals surface area contributed by atoms with Gasteiger partial charge in [0.15, 0.2) is 5.96 Å². The van der Waals surface area contributed by atoms with Crippen LogP contribution in [0.15, 0.2) is 29.3 Å². The first kappa shape index (κ1) is 18.9. The number of esters is 1. The third-order valence-corrected chi connectivity index (χ3v) is 3.40. The standard InChI is InChI=1S/C17H26FN3O2/c1-19-17(21-13-14-8-7-9-15(18)12-14)20-11-6-4-3-5-10-16(22)23-2/h7-9,12H,3-6,10-11,13H2,1-2H3,(H2,19,20,21). The molecule has 0 radical (unpaired) electrons. The minimum absolute atomic E-state index is 0.148. The normalized spacial score (nSPS) is 11.2. The summed E-state index contributed by atoms with van der Waals surface area (Å²) in [5, 5.41) is 6.37. The molecule has 0 aliphatic heterocycles. The molecule has 0 atom stereocenters. The highest BCUT2D eigenvalue weighted by Gasteiger charge is 2.01. The van der Waals surface area contributed by atoms with Gasteiger partial charge in [0.25, 0.3) is 0 Å². The number of guanidine groups is 1. The molecule has 0 bridgehead atoms. The minimum Gasteiger partial charge on any atom is -0.469 e. The lowest BCUT2D eigenvalue weighted by Crippen LogP contribution is -2.37. The maximum absolute atomic E-state index is 13.1. The molecule has 0 aliphatic carbocycles. The zero-order valence-electron chi connectivity index (χ0n) is 13.9. The molecule has 0 unspecified atom stereocenters. The topological polar surface area (TPSA) is 62.7 Å². The first-order chi connectivity index (χ1) is 11.2. The molecule has 128 valence electrons. The summed E-state index contributed by atoms with van der Waals surface area (Å²) < 4.78 is 17.7. The summed E-state index contributed by atoms with van der Waals surface area (Å²) in [5.41, 5.74) is 0.871. The molecular weight excluding hydrogens is 297 g/mol. The van der Waals surface area contributed by atoms with Gasteiger partial charge in [-0.15, -0.1) is 0 Å².